The molecular weight excluding hydrogens is 353 g/mol. The number of carbonyl (C=O) groups excluding carboxylic acids is 2. The van der Waals surface area contributed by atoms with E-state index in [1.165, 1.54) is 0 Å². The number of hydrogen-bond acceptors (Lipinski definition) is 8. The molecule has 25 heavy (non-hydrogen) atoms. The molecule has 10 heteroatoms. The minimum atomic E-state index is -4.30. The number of unbranched alkanes of at least 4 members (excludes halogenated alkanes) is 2. The monoisotopic (exact) mass is 383 g/mol. The van der Waals surface area contributed by atoms with E-state index in [-0.39, 0.29) is 32.6 Å². The summed E-state index contributed by atoms with van der Waals surface area (Å²) in [4.78, 5) is 32.7. The van der Waals surface area contributed by atoms with Crippen molar-refractivity contribution in [2.24, 2.45) is 5.73 Å². The Morgan fingerprint density at radius 2 is 1.76 bits per heavy atom. The number of phosphoric acid groups is 1. The van der Waals surface area contributed by atoms with E-state index in [2.05, 4.69) is 4.52 Å². The molecule has 0 heterocycles. The molecule has 148 valence electrons. The molecule has 9 nitrogen and oxygen atoms in total. The second kappa shape index (κ2) is 14.2. The van der Waals surface area contributed by atoms with Gasteiger partial charge in [-0.15, -0.1) is 0 Å². The molecule has 0 amide bonds. The van der Waals surface area contributed by atoms with E-state index in [1.807, 2.05) is 13.8 Å². The fraction of sp³-hybridized carbons (Fsp3) is 0.867. The molecule has 0 aromatic carbocycles. The maximum atomic E-state index is 11.8. The molecule has 3 N–H and O–H groups in total. The molecule has 0 aliphatic rings. The van der Waals surface area contributed by atoms with E-state index in [1.54, 1.807) is 0 Å². The molecule has 0 saturated carbocycles. The molecule has 0 fully saturated rings. The van der Waals surface area contributed by atoms with Crippen molar-refractivity contribution in [1.82, 2.24) is 0 Å². The molecule has 0 aromatic rings. The lowest BCUT2D eigenvalue weighted by atomic mass is 10.2. The Morgan fingerprint density at radius 1 is 1.04 bits per heavy atom. The number of hydrogen-bond donors (Lipinski definition) is 2. The summed E-state index contributed by atoms with van der Waals surface area (Å²) in [6, 6.07) is 0. The second-order valence-electron chi connectivity index (χ2n) is 5.39. The first-order valence-corrected chi connectivity index (χ1v) is 10.0. The average molecular weight is 383 g/mol. The predicted molar refractivity (Wildman–Crippen MR) is 90.7 cm³/mol. The quantitative estimate of drug-likeness (QED) is 0.247. The van der Waals surface area contributed by atoms with Crippen LogP contribution in [0.2, 0.25) is 0 Å². The number of ether oxygens (including phenoxy) is 2. The smallest absolute Gasteiger partial charge is 0.462 e. The van der Waals surface area contributed by atoms with Gasteiger partial charge in [0.2, 0.25) is 0 Å². The van der Waals surface area contributed by atoms with Crippen LogP contribution in [0.1, 0.15) is 52.4 Å². The minimum Gasteiger partial charge on any atom is -0.462 e. The topological polar surface area (TPSA) is 134 Å². The van der Waals surface area contributed by atoms with E-state index in [0.29, 0.717) is 12.8 Å². The van der Waals surface area contributed by atoms with Crippen LogP contribution in [0, 0.1) is 0 Å². The lowest BCUT2D eigenvalue weighted by Crippen LogP contribution is -2.29. The van der Waals surface area contributed by atoms with Crippen molar-refractivity contribution in [3.63, 3.8) is 0 Å². The molecule has 0 spiro atoms. The van der Waals surface area contributed by atoms with Gasteiger partial charge < -0.3 is 20.1 Å². The third-order valence-electron chi connectivity index (χ3n) is 2.96. The Hall–Kier alpha value is -0.990. The number of esters is 2. The third kappa shape index (κ3) is 13.9. The van der Waals surface area contributed by atoms with Crippen LogP contribution in [0.4, 0.5) is 0 Å². The molecule has 1 unspecified atom stereocenters. The predicted octanol–water partition coefficient (Wildman–Crippen LogP) is 1.91. The minimum absolute atomic E-state index is 0.0540. The van der Waals surface area contributed by atoms with Crippen molar-refractivity contribution in [2.45, 2.75) is 58.5 Å². The van der Waals surface area contributed by atoms with E-state index in [9.17, 15) is 19.0 Å². The van der Waals surface area contributed by atoms with Crippen LogP contribution in [-0.4, -0.2) is 49.3 Å². The SMILES string of the molecule is CCCCCC(=O)O[C@H](COC(=O)CCC)COP(=O)(O)OCCN. The third-order valence-corrected chi connectivity index (χ3v) is 3.95. The number of nitrogens with two attached hydrogens (primary N) is 1. The van der Waals surface area contributed by atoms with Crippen LogP contribution in [-0.2, 0) is 32.7 Å². The highest BCUT2D eigenvalue weighted by Crippen LogP contribution is 2.43. The molecule has 0 aliphatic carbocycles. The summed E-state index contributed by atoms with van der Waals surface area (Å²) < 4.78 is 31.2. The van der Waals surface area contributed by atoms with Gasteiger partial charge in [-0.05, 0) is 12.8 Å². The van der Waals surface area contributed by atoms with Gasteiger partial charge in [0, 0.05) is 19.4 Å². The highest BCUT2D eigenvalue weighted by Gasteiger charge is 2.25. The Bertz CT molecular complexity index is 432. The van der Waals surface area contributed by atoms with Crippen LogP contribution in [0.3, 0.4) is 0 Å². The molecule has 0 saturated heterocycles. The van der Waals surface area contributed by atoms with E-state index < -0.39 is 32.5 Å². The van der Waals surface area contributed by atoms with Crippen LogP contribution < -0.4 is 5.73 Å². The van der Waals surface area contributed by atoms with Crippen molar-refractivity contribution in [2.75, 3.05) is 26.4 Å². The average Bonchev–Trinajstić information content (AvgIpc) is 2.56. The summed E-state index contributed by atoms with van der Waals surface area (Å²) in [7, 11) is -4.30. The molecule has 2 atom stereocenters. The maximum Gasteiger partial charge on any atom is 0.472 e. The standard InChI is InChI=1S/C15H30NO8P/c1-3-5-6-8-15(18)24-13(11-21-14(17)7-4-2)12-23-25(19,20)22-10-9-16/h13H,3-12,16H2,1-2H3,(H,19,20)/t13-/m1/s1. The van der Waals surface area contributed by atoms with Crippen molar-refractivity contribution in [3.05, 3.63) is 0 Å². The highest BCUT2D eigenvalue weighted by molar-refractivity contribution is 7.47. The summed E-state index contributed by atoms with van der Waals surface area (Å²) in [5.74, 6) is -0.926. The fourth-order valence-corrected chi connectivity index (χ4v) is 2.49. The molecule has 0 aromatic heterocycles. The maximum absolute atomic E-state index is 11.8. The van der Waals surface area contributed by atoms with Gasteiger partial charge >= 0.3 is 19.8 Å². The van der Waals surface area contributed by atoms with Crippen molar-refractivity contribution in [1.29, 1.82) is 0 Å². The summed E-state index contributed by atoms with van der Waals surface area (Å²) in [6.45, 7) is 3.05. The normalized spacial score (nSPS) is 14.6. The first-order chi connectivity index (χ1) is 11.8. The van der Waals surface area contributed by atoms with Gasteiger partial charge in [0.15, 0.2) is 6.10 Å². The summed E-state index contributed by atoms with van der Waals surface area (Å²) in [5.41, 5.74) is 5.19. The Balaban J connectivity index is 4.52. The lowest BCUT2D eigenvalue weighted by Gasteiger charge is -2.19. The zero-order valence-corrected chi connectivity index (χ0v) is 15.9. The molecule has 0 radical (unpaired) electrons. The van der Waals surface area contributed by atoms with Crippen LogP contribution in [0.25, 0.3) is 0 Å². The number of carbonyl (C=O) groups is 2. The van der Waals surface area contributed by atoms with E-state index in [4.69, 9.17) is 19.7 Å². The summed E-state index contributed by atoms with van der Waals surface area (Å²) in [6.07, 6.45) is 2.61. The van der Waals surface area contributed by atoms with Crippen LogP contribution >= 0.6 is 7.82 Å². The van der Waals surface area contributed by atoms with E-state index in [0.717, 1.165) is 12.8 Å². The molecule has 0 rings (SSSR count). The van der Waals surface area contributed by atoms with Gasteiger partial charge in [-0.3, -0.25) is 18.6 Å². The first kappa shape index (κ1) is 24.0. The van der Waals surface area contributed by atoms with Gasteiger partial charge in [0.25, 0.3) is 0 Å². The summed E-state index contributed by atoms with van der Waals surface area (Å²) >= 11 is 0. The van der Waals surface area contributed by atoms with Gasteiger partial charge in [0.1, 0.15) is 6.61 Å². The Labute approximate surface area is 148 Å². The molecular formula is C15H30NO8P. The number of phosphoric ester groups is 1. The Kier molecular flexibility index (Phi) is 13.6. The van der Waals surface area contributed by atoms with Crippen molar-refractivity contribution in [3.8, 4) is 0 Å². The van der Waals surface area contributed by atoms with Crippen LogP contribution in [0.15, 0.2) is 0 Å². The zero-order valence-electron chi connectivity index (χ0n) is 15.0. The largest absolute Gasteiger partial charge is 0.472 e. The Morgan fingerprint density at radius 3 is 2.36 bits per heavy atom. The second-order valence-corrected chi connectivity index (χ2v) is 6.84. The van der Waals surface area contributed by atoms with Crippen molar-refractivity contribution < 1.29 is 37.6 Å². The zero-order chi connectivity index (χ0) is 19.1. The first-order valence-electron chi connectivity index (χ1n) is 8.51. The lowest BCUT2D eigenvalue weighted by molar-refractivity contribution is -0.161. The summed E-state index contributed by atoms with van der Waals surface area (Å²) in [5, 5.41) is 0. The van der Waals surface area contributed by atoms with Gasteiger partial charge in [-0.1, -0.05) is 26.7 Å². The number of rotatable bonds is 15. The molecule has 0 aliphatic heterocycles. The van der Waals surface area contributed by atoms with E-state index >= 15 is 0 Å². The molecule has 0 bridgehead atoms. The fourth-order valence-electron chi connectivity index (χ4n) is 1.73. The van der Waals surface area contributed by atoms with Gasteiger partial charge in [-0.2, -0.15) is 0 Å². The van der Waals surface area contributed by atoms with Crippen molar-refractivity contribution >= 4 is 19.8 Å². The van der Waals surface area contributed by atoms with Crippen LogP contribution in [0.5, 0.6) is 0 Å². The van der Waals surface area contributed by atoms with Gasteiger partial charge in [-0.25, -0.2) is 4.57 Å². The van der Waals surface area contributed by atoms with Gasteiger partial charge in [0.05, 0.1) is 13.2 Å². The highest BCUT2D eigenvalue weighted by atomic mass is 31.2.